The summed E-state index contributed by atoms with van der Waals surface area (Å²) in [4.78, 5) is 16.6. The lowest BCUT2D eigenvalue weighted by molar-refractivity contribution is 0.208. The lowest BCUT2D eigenvalue weighted by atomic mass is 10.1. The number of halogens is 1. The Morgan fingerprint density at radius 2 is 1.81 bits per heavy atom. The highest BCUT2D eigenvalue weighted by Gasteiger charge is 2.23. The van der Waals surface area contributed by atoms with Crippen LogP contribution in [0.2, 0.25) is 5.02 Å². The van der Waals surface area contributed by atoms with Crippen LogP contribution in [-0.4, -0.2) is 44.2 Å². The van der Waals surface area contributed by atoms with Gasteiger partial charge in [0, 0.05) is 43.0 Å². The van der Waals surface area contributed by atoms with Gasteiger partial charge in [0.05, 0.1) is 12.8 Å². The third-order valence-electron chi connectivity index (χ3n) is 4.98. The van der Waals surface area contributed by atoms with Crippen molar-refractivity contribution in [2.45, 2.75) is 20.3 Å². The molecule has 1 fully saturated rings. The van der Waals surface area contributed by atoms with Crippen molar-refractivity contribution in [2.75, 3.05) is 43.5 Å². The molecule has 1 heterocycles. The molecule has 27 heavy (non-hydrogen) atoms. The maximum atomic E-state index is 12.5. The zero-order valence-electron chi connectivity index (χ0n) is 16.1. The number of methoxy groups -OCH3 is 1. The monoisotopic (exact) mass is 387 g/mol. The van der Waals surface area contributed by atoms with Crippen LogP contribution in [0.25, 0.3) is 0 Å². The minimum atomic E-state index is -0.0573. The molecule has 0 aromatic heterocycles. The quantitative estimate of drug-likeness (QED) is 0.835. The molecule has 0 spiro atoms. The van der Waals surface area contributed by atoms with Gasteiger partial charge in [-0.3, -0.25) is 0 Å². The summed E-state index contributed by atoms with van der Waals surface area (Å²) in [6, 6.07) is 11.8. The number of amides is 2. The van der Waals surface area contributed by atoms with E-state index >= 15 is 0 Å². The third kappa shape index (κ3) is 4.48. The van der Waals surface area contributed by atoms with Crippen molar-refractivity contribution in [1.29, 1.82) is 0 Å². The second-order valence-corrected chi connectivity index (χ2v) is 7.14. The number of rotatable bonds is 4. The number of benzene rings is 2. The first-order valence-corrected chi connectivity index (χ1v) is 9.63. The molecule has 3 rings (SSSR count). The minimum Gasteiger partial charge on any atom is -0.495 e. The number of hydrogen-bond acceptors (Lipinski definition) is 3. The molecule has 2 amide bonds. The summed E-state index contributed by atoms with van der Waals surface area (Å²) in [6.45, 7) is 6.91. The van der Waals surface area contributed by atoms with E-state index in [1.165, 1.54) is 5.56 Å². The number of nitrogens with zero attached hydrogens (tertiary/aromatic N) is 2. The Kier molecular flexibility index (Phi) is 6.11. The predicted molar refractivity (Wildman–Crippen MR) is 111 cm³/mol. The first kappa shape index (κ1) is 19.4. The fourth-order valence-electron chi connectivity index (χ4n) is 3.24. The summed E-state index contributed by atoms with van der Waals surface area (Å²) >= 11 is 6.20. The topological polar surface area (TPSA) is 44.8 Å². The number of ether oxygens (including phenoxy) is 1. The highest BCUT2D eigenvalue weighted by atomic mass is 35.5. The van der Waals surface area contributed by atoms with Crippen LogP contribution in [0.1, 0.15) is 18.1 Å². The van der Waals surface area contributed by atoms with Gasteiger partial charge in [-0.1, -0.05) is 30.7 Å². The van der Waals surface area contributed by atoms with Crippen LogP contribution in [-0.2, 0) is 6.42 Å². The van der Waals surface area contributed by atoms with Crippen LogP contribution in [0, 0.1) is 6.92 Å². The third-order valence-corrected chi connectivity index (χ3v) is 5.39. The smallest absolute Gasteiger partial charge is 0.321 e. The van der Waals surface area contributed by atoms with E-state index in [1.54, 1.807) is 7.11 Å². The number of hydrogen-bond donors (Lipinski definition) is 1. The molecule has 0 aliphatic carbocycles. The Balaban J connectivity index is 1.61. The Morgan fingerprint density at radius 3 is 2.41 bits per heavy atom. The van der Waals surface area contributed by atoms with Gasteiger partial charge in [-0.05, 0) is 42.7 Å². The lowest BCUT2D eigenvalue weighted by Gasteiger charge is -2.36. The molecule has 6 heteroatoms. The van der Waals surface area contributed by atoms with Crippen molar-refractivity contribution in [1.82, 2.24) is 4.90 Å². The van der Waals surface area contributed by atoms with E-state index < -0.39 is 0 Å². The number of carbonyl (C=O) groups is 1. The van der Waals surface area contributed by atoms with E-state index in [0.29, 0.717) is 18.1 Å². The van der Waals surface area contributed by atoms with Gasteiger partial charge in [-0.2, -0.15) is 0 Å². The zero-order valence-corrected chi connectivity index (χ0v) is 16.8. The summed E-state index contributed by atoms with van der Waals surface area (Å²) in [5, 5.41) is 3.68. The summed E-state index contributed by atoms with van der Waals surface area (Å²) in [7, 11) is 1.65. The fourth-order valence-corrected chi connectivity index (χ4v) is 3.39. The molecule has 1 aliphatic rings. The fraction of sp³-hybridized carbons (Fsp3) is 0.381. The molecule has 0 saturated carbocycles. The first-order valence-electron chi connectivity index (χ1n) is 9.25. The Morgan fingerprint density at radius 1 is 1.15 bits per heavy atom. The molecule has 0 bridgehead atoms. The minimum absolute atomic E-state index is 0.0573. The summed E-state index contributed by atoms with van der Waals surface area (Å²) < 4.78 is 5.49. The molecule has 0 radical (unpaired) electrons. The second-order valence-electron chi connectivity index (χ2n) is 6.73. The highest BCUT2D eigenvalue weighted by Crippen LogP contribution is 2.34. The molecular formula is C21H26ClN3O2. The largest absolute Gasteiger partial charge is 0.495 e. The molecule has 2 aromatic carbocycles. The van der Waals surface area contributed by atoms with Crippen LogP contribution >= 0.6 is 11.6 Å². The van der Waals surface area contributed by atoms with Gasteiger partial charge < -0.3 is 19.9 Å². The molecule has 0 unspecified atom stereocenters. The average Bonchev–Trinajstić information content (AvgIpc) is 2.70. The van der Waals surface area contributed by atoms with Crippen LogP contribution in [0.4, 0.5) is 16.2 Å². The van der Waals surface area contributed by atoms with Crippen LogP contribution in [0.3, 0.4) is 0 Å². The van der Waals surface area contributed by atoms with E-state index in [2.05, 4.69) is 17.1 Å². The van der Waals surface area contributed by atoms with E-state index in [1.807, 2.05) is 48.2 Å². The molecule has 1 N–H and O–H groups in total. The van der Waals surface area contributed by atoms with E-state index in [9.17, 15) is 4.79 Å². The van der Waals surface area contributed by atoms with Gasteiger partial charge in [-0.25, -0.2) is 4.79 Å². The molecule has 2 aromatic rings. The number of nitrogens with one attached hydrogen (secondary N) is 1. The number of urea groups is 1. The van der Waals surface area contributed by atoms with Gasteiger partial charge >= 0.3 is 6.03 Å². The van der Waals surface area contributed by atoms with Crippen molar-refractivity contribution in [2.24, 2.45) is 0 Å². The molecule has 5 nitrogen and oxygen atoms in total. The highest BCUT2D eigenvalue weighted by molar-refractivity contribution is 6.31. The normalized spacial score (nSPS) is 14.2. The predicted octanol–water partition coefficient (Wildman–Crippen LogP) is 4.57. The average molecular weight is 388 g/mol. The number of aryl methyl sites for hydroxylation is 2. The first-order chi connectivity index (χ1) is 13.0. The van der Waals surface area contributed by atoms with Crippen LogP contribution in [0.5, 0.6) is 5.75 Å². The maximum absolute atomic E-state index is 12.5. The van der Waals surface area contributed by atoms with Crippen molar-refractivity contribution in [3.63, 3.8) is 0 Å². The Hall–Kier alpha value is -2.40. The van der Waals surface area contributed by atoms with Gasteiger partial charge in [0.1, 0.15) is 5.75 Å². The molecule has 1 aliphatic heterocycles. The SMILES string of the molecule is CCc1ccc(NC(=O)N2CCN(c3cc(C)c(Cl)cc3OC)CC2)cc1. The standard InChI is InChI=1S/C21H26ClN3O2/c1-4-16-5-7-17(8-6-16)23-21(26)25-11-9-24(10-12-25)19-13-15(2)18(22)14-20(19)27-3/h5-8,13-14H,4,9-12H2,1-3H3,(H,23,26). The van der Waals surface area contributed by atoms with Crippen molar-refractivity contribution < 1.29 is 9.53 Å². The van der Waals surface area contributed by atoms with Crippen LogP contribution < -0.4 is 15.0 Å². The number of piperazine rings is 1. The number of carbonyl (C=O) groups excluding carboxylic acids is 1. The summed E-state index contributed by atoms with van der Waals surface area (Å²) in [6.07, 6.45) is 0.990. The lowest BCUT2D eigenvalue weighted by Crippen LogP contribution is -2.50. The molecule has 1 saturated heterocycles. The van der Waals surface area contributed by atoms with Gasteiger partial charge in [-0.15, -0.1) is 0 Å². The maximum Gasteiger partial charge on any atom is 0.321 e. The van der Waals surface area contributed by atoms with E-state index in [0.717, 1.165) is 42.2 Å². The van der Waals surface area contributed by atoms with Crippen LogP contribution in [0.15, 0.2) is 36.4 Å². The molecule has 0 atom stereocenters. The molecule has 144 valence electrons. The summed E-state index contributed by atoms with van der Waals surface area (Å²) in [5.74, 6) is 0.763. The van der Waals surface area contributed by atoms with E-state index in [4.69, 9.17) is 16.3 Å². The Labute approximate surface area is 165 Å². The van der Waals surface area contributed by atoms with Crippen molar-refractivity contribution in [3.05, 3.63) is 52.5 Å². The zero-order chi connectivity index (χ0) is 19.4. The van der Waals surface area contributed by atoms with Crippen molar-refractivity contribution in [3.8, 4) is 5.75 Å². The van der Waals surface area contributed by atoms with Gasteiger partial charge in [0.15, 0.2) is 0 Å². The van der Waals surface area contributed by atoms with E-state index in [-0.39, 0.29) is 6.03 Å². The van der Waals surface area contributed by atoms with Crippen molar-refractivity contribution >= 4 is 29.0 Å². The van der Waals surface area contributed by atoms with Gasteiger partial charge in [0.25, 0.3) is 0 Å². The summed E-state index contributed by atoms with van der Waals surface area (Å²) in [5.41, 5.74) is 4.13. The second kappa shape index (κ2) is 8.53. The Bertz CT molecular complexity index is 800. The number of anilines is 2. The van der Waals surface area contributed by atoms with Gasteiger partial charge in [0.2, 0.25) is 0 Å². The molecular weight excluding hydrogens is 362 g/mol.